The molecule has 0 saturated carbocycles. The van der Waals surface area contributed by atoms with Gasteiger partial charge in [-0.3, -0.25) is 9.59 Å². The highest BCUT2D eigenvalue weighted by molar-refractivity contribution is 6.05. The lowest BCUT2D eigenvalue weighted by molar-refractivity contribution is 0.0953. The Morgan fingerprint density at radius 2 is 1.66 bits per heavy atom. The minimum absolute atomic E-state index is 0.249. The van der Waals surface area contributed by atoms with Gasteiger partial charge in [0.05, 0.1) is 17.8 Å². The van der Waals surface area contributed by atoms with Crippen molar-refractivity contribution in [2.75, 3.05) is 5.32 Å². The quantitative estimate of drug-likeness (QED) is 0.518. The number of carbonyl (C=O) groups is 2. The zero-order valence-corrected chi connectivity index (χ0v) is 15.7. The molecule has 142 valence electrons. The molecule has 0 fully saturated rings. The van der Waals surface area contributed by atoms with Crippen LogP contribution in [0.25, 0.3) is 0 Å². The minimum atomic E-state index is -0.402. The second kappa shape index (κ2) is 9.11. The predicted molar refractivity (Wildman–Crippen MR) is 112 cm³/mol. The van der Waals surface area contributed by atoms with E-state index in [4.69, 9.17) is 5.26 Å². The Kier molecular flexibility index (Phi) is 6.13. The molecule has 0 aliphatic heterocycles. The van der Waals surface area contributed by atoms with Crippen LogP contribution >= 0.6 is 0 Å². The second-order valence-corrected chi connectivity index (χ2v) is 6.33. The first-order valence-corrected chi connectivity index (χ1v) is 8.87. The summed E-state index contributed by atoms with van der Waals surface area (Å²) in [7, 11) is 0. The molecule has 6 heteroatoms. The van der Waals surface area contributed by atoms with Crippen molar-refractivity contribution in [3.05, 3.63) is 101 Å². The molecule has 0 atom stereocenters. The second-order valence-electron chi connectivity index (χ2n) is 6.33. The Morgan fingerprint density at radius 3 is 2.34 bits per heavy atom. The zero-order chi connectivity index (χ0) is 20.6. The molecule has 3 rings (SSSR count). The summed E-state index contributed by atoms with van der Waals surface area (Å²) in [5.41, 5.74) is 6.24. The number of nitriles is 1. The van der Waals surface area contributed by atoms with E-state index in [1.807, 2.05) is 25.1 Å². The lowest BCUT2D eigenvalue weighted by Crippen LogP contribution is -2.18. The summed E-state index contributed by atoms with van der Waals surface area (Å²) in [6.45, 7) is 1.95. The number of benzene rings is 3. The standard InChI is InChI=1S/C23H18N4O2/c1-16-5-11-19(12-6-16)22(28)26-21-4-2-3-20(13-21)23(29)27-25-15-18-9-7-17(14-24)8-10-18/h2-13,15H,1H3,(H,26,28)(H,27,29)/b25-15+. The first-order chi connectivity index (χ1) is 14.0. The number of rotatable bonds is 5. The van der Waals surface area contributed by atoms with Crippen molar-refractivity contribution in [2.45, 2.75) is 6.92 Å². The number of amides is 2. The van der Waals surface area contributed by atoms with Gasteiger partial charge in [-0.05, 0) is 55.0 Å². The Morgan fingerprint density at radius 1 is 0.931 bits per heavy atom. The van der Waals surface area contributed by atoms with E-state index in [-0.39, 0.29) is 5.91 Å². The number of hydrogen-bond acceptors (Lipinski definition) is 4. The van der Waals surface area contributed by atoms with Crippen LogP contribution < -0.4 is 10.7 Å². The molecule has 0 unspecified atom stereocenters. The molecule has 0 bridgehead atoms. The Labute approximate surface area is 168 Å². The van der Waals surface area contributed by atoms with Gasteiger partial charge in [-0.1, -0.05) is 35.9 Å². The maximum Gasteiger partial charge on any atom is 0.271 e. The third kappa shape index (κ3) is 5.37. The molecule has 0 aliphatic carbocycles. The van der Waals surface area contributed by atoms with Crippen LogP contribution in [0.15, 0.2) is 77.9 Å². The molecule has 0 saturated heterocycles. The van der Waals surface area contributed by atoms with Gasteiger partial charge in [0, 0.05) is 16.8 Å². The number of hydrogen-bond donors (Lipinski definition) is 2. The van der Waals surface area contributed by atoms with E-state index >= 15 is 0 Å². The van der Waals surface area contributed by atoms with Crippen molar-refractivity contribution in [3.63, 3.8) is 0 Å². The van der Waals surface area contributed by atoms with E-state index in [1.54, 1.807) is 60.7 Å². The maximum absolute atomic E-state index is 12.3. The van der Waals surface area contributed by atoms with Crippen LogP contribution in [-0.2, 0) is 0 Å². The molecule has 3 aromatic carbocycles. The van der Waals surface area contributed by atoms with Gasteiger partial charge in [-0.25, -0.2) is 5.43 Å². The highest BCUT2D eigenvalue weighted by Gasteiger charge is 2.09. The zero-order valence-electron chi connectivity index (χ0n) is 15.7. The summed E-state index contributed by atoms with van der Waals surface area (Å²) in [6, 6.07) is 22.7. The third-order valence-corrected chi connectivity index (χ3v) is 4.12. The van der Waals surface area contributed by atoms with Crippen molar-refractivity contribution in [1.29, 1.82) is 5.26 Å². The largest absolute Gasteiger partial charge is 0.322 e. The fraction of sp³-hybridized carbons (Fsp3) is 0.0435. The molecule has 2 amide bonds. The summed E-state index contributed by atoms with van der Waals surface area (Å²) in [5.74, 6) is -0.650. The van der Waals surface area contributed by atoms with Crippen LogP contribution in [0.2, 0.25) is 0 Å². The van der Waals surface area contributed by atoms with Gasteiger partial charge < -0.3 is 5.32 Å². The van der Waals surface area contributed by atoms with Gasteiger partial charge in [0.25, 0.3) is 11.8 Å². The number of hydrazone groups is 1. The molecule has 29 heavy (non-hydrogen) atoms. The lowest BCUT2D eigenvalue weighted by Gasteiger charge is -2.07. The van der Waals surface area contributed by atoms with Crippen molar-refractivity contribution in [3.8, 4) is 6.07 Å². The fourth-order valence-corrected chi connectivity index (χ4v) is 2.52. The monoisotopic (exact) mass is 382 g/mol. The molecule has 6 nitrogen and oxygen atoms in total. The summed E-state index contributed by atoms with van der Waals surface area (Å²) in [5, 5.41) is 15.5. The molecule has 0 aliphatic rings. The highest BCUT2D eigenvalue weighted by atomic mass is 16.2. The van der Waals surface area contributed by atoms with Crippen LogP contribution in [0.5, 0.6) is 0 Å². The van der Waals surface area contributed by atoms with Gasteiger partial charge in [0.2, 0.25) is 0 Å². The van der Waals surface area contributed by atoms with Crippen molar-refractivity contribution >= 4 is 23.7 Å². The topological polar surface area (TPSA) is 94.3 Å². The van der Waals surface area contributed by atoms with E-state index in [2.05, 4.69) is 15.8 Å². The summed E-state index contributed by atoms with van der Waals surface area (Å²) < 4.78 is 0. The minimum Gasteiger partial charge on any atom is -0.322 e. The Bertz CT molecular complexity index is 1090. The number of nitrogens with zero attached hydrogens (tertiary/aromatic N) is 2. The van der Waals surface area contributed by atoms with Gasteiger partial charge >= 0.3 is 0 Å². The third-order valence-electron chi connectivity index (χ3n) is 4.12. The lowest BCUT2D eigenvalue weighted by atomic mass is 10.1. The molecule has 0 spiro atoms. The fourth-order valence-electron chi connectivity index (χ4n) is 2.52. The smallest absolute Gasteiger partial charge is 0.271 e. The Balaban J connectivity index is 1.62. The Hall–Kier alpha value is -4.24. The molecule has 0 heterocycles. The van der Waals surface area contributed by atoms with E-state index < -0.39 is 5.91 Å². The highest BCUT2D eigenvalue weighted by Crippen LogP contribution is 2.13. The molecular formula is C23H18N4O2. The van der Waals surface area contributed by atoms with Gasteiger partial charge in [0.1, 0.15) is 0 Å². The van der Waals surface area contributed by atoms with Crippen molar-refractivity contribution in [2.24, 2.45) is 5.10 Å². The average Bonchev–Trinajstić information content (AvgIpc) is 2.75. The molecular weight excluding hydrogens is 364 g/mol. The molecule has 3 aromatic rings. The molecule has 0 radical (unpaired) electrons. The van der Waals surface area contributed by atoms with Crippen LogP contribution in [-0.4, -0.2) is 18.0 Å². The number of aryl methyl sites for hydroxylation is 1. The number of anilines is 1. The van der Waals surface area contributed by atoms with Crippen molar-refractivity contribution in [1.82, 2.24) is 5.43 Å². The van der Waals surface area contributed by atoms with E-state index in [0.29, 0.717) is 22.4 Å². The summed E-state index contributed by atoms with van der Waals surface area (Å²) in [4.78, 5) is 24.6. The SMILES string of the molecule is Cc1ccc(C(=O)Nc2cccc(C(=O)N/N=C/c3ccc(C#N)cc3)c2)cc1. The summed E-state index contributed by atoms with van der Waals surface area (Å²) >= 11 is 0. The first kappa shape index (κ1) is 19.5. The van der Waals surface area contributed by atoms with Crippen LogP contribution in [0, 0.1) is 18.3 Å². The van der Waals surface area contributed by atoms with Crippen LogP contribution in [0.4, 0.5) is 5.69 Å². The van der Waals surface area contributed by atoms with Gasteiger partial charge in [-0.15, -0.1) is 0 Å². The van der Waals surface area contributed by atoms with E-state index in [9.17, 15) is 9.59 Å². The molecule has 2 N–H and O–H groups in total. The van der Waals surface area contributed by atoms with E-state index in [0.717, 1.165) is 11.1 Å². The predicted octanol–water partition coefficient (Wildman–Crippen LogP) is 3.88. The van der Waals surface area contributed by atoms with Crippen molar-refractivity contribution < 1.29 is 9.59 Å². The van der Waals surface area contributed by atoms with Gasteiger partial charge in [-0.2, -0.15) is 10.4 Å². The molecule has 0 aromatic heterocycles. The van der Waals surface area contributed by atoms with Gasteiger partial charge in [0.15, 0.2) is 0 Å². The summed E-state index contributed by atoms with van der Waals surface area (Å²) in [6.07, 6.45) is 1.49. The average molecular weight is 382 g/mol. The van der Waals surface area contributed by atoms with E-state index in [1.165, 1.54) is 6.21 Å². The normalized spacial score (nSPS) is 10.3. The number of carbonyl (C=O) groups excluding carboxylic acids is 2. The first-order valence-electron chi connectivity index (χ1n) is 8.87. The van der Waals surface area contributed by atoms with Crippen LogP contribution in [0.1, 0.15) is 37.4 Å². The van der Waals surface area contributed by atoms with Crippen LogP contribution in [0.3, 0.4) is 0 Å². The maximum atomic E-state index is 12.3. The number of nitrogens with one attached hydrogen (secondary N) is 2.